The number of aliphatic hydroxyl groups is 1. The van der Waals surface area contributed by atoms with Crippen molar-refractivity contribution in [1.29, 1.82) is 0 Å². The lowest BCUT2D eigenvalue weighted by molar-refractivity contribution is -0.385. The average molecular weight is 298 g/mol. The van der Waals surface area contributed by atoms with Crippen LogP contribution in [-0.4, -0.2) is 28.6 Å². The normalized spacial score (nSPS) is 12.8. The van der Waals surface area contributed by atoms with Gasteiger partial charge in [-0.25, -0.2) is 4.39 Å². The molecular weight excluding hydrogens is 279 g/mol. The first kappa shape index (κ1) is 17.0. The lowest BCUT2D eigenvalue weighted by Crippen LogP contribution is -2.44. The zero-order valence-corrected chi connectivity index (χ0v) is 12.2. The van der Waals surface area contributed by atoms with Crippen LogP contribution in [0.5, 0.6) is 0 Å². The fourth-order valence-corrected chi connectivity index (χ4v) is 1.93. The predicted octanol–water partition coefficient (Wildman–Crippen LogP) is 2.26. The standard InChI is InChI=1S/C14H19FN2O4/c1-14(2,3)12(6-7-18)16-13(19)10-5-4-9(15)8-11(10)17(20)21/h4-5,8,12,18H,6-7H2,1-3H3,(H,16,19). The number of amides is 1. The van der Waals surface area contributed by atoms with Gasteiger partial charge in [-0.2, -0.15) is 0 Å². The molecule has 116 valence electrons. The van der Waals surface area contributed by atoms with E-state index in [-0.39, 0.29) is 23.6 Å². The number of nitro benzene ring substituents is 1. The molecule has 2 N–H and O–H groups in total. The van der Waals surface area contributed by atoms with Crippen molar-refractivity contribution in [3.05, 3.63) is 39.7 Å². The van der Waals surface area contributed by atoms with Gasteiger partial charge >= 0.3 is 0 Å². The summed E-state index contributed by atoms with van der Waals surface area (Å²) in [5.74, 6) is -1.43. The van der Waals surface area contributed by atoms with Crippen LogP contribution in [0.4, 0.5) is 10.1 Å². The summed E-state index contributed by atoms with van der Waals surface area (Å²) in [4.78, 5) is 22.3. The lowest BCUT2D eigenvalue weighted by Gasteiger charge is -2.31. The topological polar surface area (TPSA) is 92.5 Å². The Hall–Kier alpha value is -2.02. The molecule has 21 heavy (non-hydrogen) atoms. The van der Waals surface area contributed by atoms with Crippen LogP contribution in [-0.2, 0) is 0 Å². The van der Waals surface area contributed by atoms with Crippen molar-refractivity contribution < 1.29 is 19.2 Å². The Morgan fingerprint density at radius 3 is 2.57 bits per heavy atom. The van der Waals surface area contributed by atoms with E-state index in [0.29, 0.717) is 12.5 Å². The van der Waals surface area contributed by atoms with E-state index < -0.39 is 22.3 Å². The minimum absolute atomic E-state index is 0.117. The number of hydrogen-bond donors (Lipinski definition) is 2. The molecule has 0 saturated heterocycles. The van der Waals surface area contributed by atoms with Crippen molar-refractivity contribution in [2.75, 3.05) is 6.61 Å². The molecular formula is C14H19FN2O4. The number of carbonyl (C=O) groups excluding carboxylic acids is 1. The molecule has 6 nitrogen and oxygen atoms in total. The molecule has 0 fully saturated rings. The van der Waals surface area contributed by atoms with Gasteiger partial charge in [-0.05, 0) is 24.0 Å². The number of hydrogen-bond acceptors (Lipinski definition) is 4. The first-order valence-electron chi connectivity index (χ1n) is 6.52. The Bertz CT molecular complexity index is 540. The minimum Gasteiger partial charge on any atom is -0.396 e. The highest BCUT2D eigenvalue weighted by molar-refractivity contribution is 5.98. The molecule has 0 aliphatic heterocycles. The molecule has 0 aliphatic carbocycles. The van der Waals surface area contributed by atoms with Crippen molar-refractivity contribution in [3.63, 3.8) is 0 Å². The summed E-state index contributed by atoms with van der Waals surface area (Å²) in [6.45, 7) is 5.53. The third kappa shape index (κ3) is 4.49. The Kier molecular flexibility index (Phi) is 5.37. The van der Waals surface area contributed by atoms with Crippen molar-refractivity contribution in [2.45, 2.75) is 33.2 Å². The number of aliphatic hydroxyl groups excluding tert-OH is 1. The van der Waals surface area contributed by atoms with Crippen LogP contribution < -0.4 is 5.32 Å². The molecule has 0 bridgehead atoms. The van der Waals surface area contributed by atoms with Gasteiger partial charge in [-0.3, -0.25) is 14.9 Å². The summed E-state index contributed by atoms with van der Waals surface area (Å²) < 4.78 is 13.1. The molecule has 0 saturated carbocycles. The summed E-state index contributed by atoms with van der Waals surface area (Å²) in [6, 6.07) is 2.44. The van der Waals surface area contributed by atoms with Gasteiger partial charge < -0.3 is 10.4 Å². The third-order valence-corrected chi connectivity index (χ3v) is 3.17. The van der Waals surface area contributed by atoms with Crippen molar-refractivity contribution in [1.82, 2.24) is 5.32 Å². The van der Waals surface area contributed by atoms with E-state index in [1.165, 1.54) is 0 Å². The molecule has 1 rings (SSSR count). The van der Waals surface area contributed by atoms with Crippen LogP contribution in [0, 0.1) is 21.3 Å². The van der Waals surface area contributed by atoms with E-state index in [9.17, 15) is 19.3 Å². The molecule has 1 unspecified atom stereocenters. The third-order valence-electron chi connectivity index (χ3n) is 3.17. The molecule has 0 aliphatic rings. The first-order chi connectivity index (χ1) is 9.66. The van der Waals surface area contributed by atoms with E-state index >= 15 is 0 Å². The zero-order chi connectivity index (χ0) is 16.2. The molecule has 1 amide bonds. The van der Waals surface area contributed by atoms with E-state index in [1.807, 2.05) is 20.8 Å². The van der Waals surface area contributed by atoms with Crippen molar-refractivity contribution >= 4 is 11.6 Å². The SMILES string of the molecule is CC(C)(C)C(CCO)NC(=O)c1ccc(F)cc1[N+](=O)[O-]. The second-order valence-electron chi connectivity index (χ2n) is 5.82. The van der Waals surface area contributed by atoms with Gasteiger partial charge in [0.2, 0.25) is 0 Å². The summed E-state index contributed by atoms with van der Waals surface area (Å²) in [5, 5.41) is 22.6. The second-order valence-corrected chi connectivity index (χ2v) is 5.82. The average Bonchev–Trinajstić information content (AvgIpc) is 2.36. The number of nitrogens with one attached hydrogen (secondary N) is 1. The van der Waals surface area contributed by atoms with Crippen molar-refractivity contribution in [3.8, 4) is 0 Å². The molecule has 0 spiro atoms. The minimum atomic E-state index is -0.796. The Morgan fingerprint density at radius 2 is 2.10 bits per heavy atom. The van der Waals surface area contributed by atoms with Gasteiger partial charge in [-0.1, -0.05) is 20.8 Å². The zero-order valence-electron chi connectivity index (χ0n) is 12.2. The number of nitrogens with zero attached hydrogens (tertiary/aromatic N) is 1. The molecule has 0 aromatic heterocycles. The molecule has 7 heteroatoms. The van der Waals surface area contributed by atoms with Gasteiger partial charge in [0.25, 0.3) is 11.6 Å². The van der Waals surface area contributed by atoms with E-state index in [0.717, 1.165) is 12.1 Å². The number of benzene rings is 1. The Morgan fingerprint density at radius 1 is 1.48 bits per heavy atom. The molecule has 1 atom stereocenters. The smallest absolute Gasteiger partial charge is 0.285 e. The van der Waals surface area contributed by atoms with E-state index in [1.54, 1.807) is 0 Å². The quantitative estimate of drug-likeness (QED) is 0.644. The highest BCUT2D eigenvalue weighted by atomic mass is 19.1. The van der Waals surface area contributed by atoms with Crippen LogP contribution in [0.1, 0.15) is 37.6 Å². The Labute approximate surface area is 122 Å². The number of rotatable bonds is 5. The summed E-state index contributed by atoms with van der Waals surface area (Å²) in [6.07, 6.45) is 0.324. The van der Waals surface area contributed by atoms with Crippen LogP contribution in [0.2, 0.25) is 0 Å². The highest BCUT2D eigenvalue weighted by Gasteiger charge is 2.28. The highest BCUT2D eigenvalue weighted by Crippen LogP contribution is 2.24. The summed E-state index contributed by atoms with van der Waals surface area (Å²) >= 11 is 0. The van der Waals surface area contributed by atoms with Crippen molar-refractivity contribution in [2.24, 2.45) is 5.41 Å². The largest absolute Gasteiger partial charge is 0.396 e. The molecule has 1 aromatic carbocycles. The first-order valence-corrected chi connectivity index (χ1v) is 6.52. The van der Waals surface area contributed by atoms with E-state index in [4.69, 9.17) is 5.11 Å². The van der Waals surface area contributed by atoms with Gasteiger partial charge in [0.05, 0.1) is 11.0 Å². The maximum atomic E-state index is 13.1. The fourth-order valence-electron chi connectivity index (χ4n) is 1.93. The summed E-state index contributed by atoms with van der Waals surface area (Å²) in [5.41, 5.74) is -1.11. The van der Waals surface area contributed by atoms with Gasteiger partial charge in [-0.15, -0.1) is 0 Å². The Balaban J connectivity index is 3.06. The maximum Gasteiger partial charge on any atom is 0.285 e. The van der Waals surface area contributed by atoms with E-state index in [2.05, 4.69) is 5.32 Å². The maximum absolute atomic E-state index is 13.1. The molecule has 0 heterocycles. The van der Waals surface area contributed by atoms with Gasteiger partial charge in [0.15, 0.2) is 0 Å². The monoisotopic (exact) mass is 298 g/mol. The van der Waals surface area contributed by atoms with Crippen LogP contribution >= 0.6 is 0 Å². The number of halogens is 1. The fraction of sp³-hybridized carbons (Fsp3) is 0.500. The van der Waals surface area contributed by atoms with Crippen LogP contribution in [0.3, 0.4) is 0 Å². The lowest BCUT2D eigenvalue weighted by atomic mass is 9.84. The van der Waals surface area contributed by atoms with Gasteiger partial charge in [0.1, 0.15) is 11.4 Å². The number of nitro groups is 1. The second kappa shape index (κ2) is 6.62. The van der Waals surface area contributed by atoms with Crippen LogP contribution in [0.25, 0.3) is 0 Å². The predicted molar refractivity (Wildman–Crippen MR) is 75.5 cm³/mol. The number of carbonyl (C=O) groups is 1. The molecule has 0 radical (unpaired) electrons. The molecule has 1 aromatic rings. The van der Waals surface area contributed by atoms with Crippen LogP contribution in [0.15, 0.2) is 18.2 Å². The van der Waals surface area contributed by atoms with Gasteiger partial charge in [0, 0.05) is 12.6 Å². The summed E-state index contributed by atoms with van der Waals surface area (Å²) in [7, 11) is 0.